The second kappa shape index (κ2) is 5.05. The summed E-state index contributed by atoms with van der Waals surface area (Å²) in [5, 5.41) is 0. The molecule has 0 amide bonds. The number of esters is 1. The van der Waals surface area contributed by atoms with Gasteiger partial charge in [0.15, 0.2) is 0 Å². The fourth-order valence-corrected chi connectivity index (χ4v) is 0.842. The first-order valence-corrected chi connectivity index (χ1v) is 4.78. The van der Waals surface area contributed by atoms with Crippen LogP contribution < -0.4 is 0 Å². The zero-order chi connectivity index (χ0) is 10.5. The lowest BCUT2D eigenvalue weighted by Crippen LogP contribution is -2.24. The molecule has 0 rings (SSSR count). The zero-order valence-electron chi connectivity index (χ0n) is 9.14. The van der Waals surface area contributed by atoms with Crippen LogP contribution in [0.4, 0.5) is 0 Å². The summed E-state index contributed by atoms with van der Waals surface area (Å²) in [6.07, 6.45) is 2.81. The van der Waals surface area contributed by atoms with Gasteiger partial charge in [0.1, 0.15) is 5.60 Å². The topological polar surface area (TPSA) is 26.3 Å². The van der Waals surface area contributed by atoms with E-state index in [0.29, 0.717) is 5.57 Å². The van der Waals surface area contributed by atoms with Crippen molar-refractivity contribution in [2.75, 3.05) is 0 Å². The van der Waals surface area contributed by atoms with E-state index in [0.717, 1.165) is 19.3 Å². The van der Waals surface area contributed by atoms with Crippen molar-refractivity contribution >= 4 is 5.97 Å². The van der Waals surface area contributed by atoms with E-state index in [4.69, 9.17) is 4.74 Å². The molecule has 0 aliphatic carbocycles. The first-order valence-electron chi connectivity index (χ1n) is 4.78. The Bertz CT molecular complexity index is 187. The largest absolute Gasteiger partial charge is 0.457 e. The van der Waals surface area contributed by atoms with Gasteiger partial charge in [-0.25, -0.2) is 4.79 Å². The summed E-state index contributed by atoms with van der Waals surface area (Å²) in [4.78, 5) is 11.3. The van der Waals surface area contributed by atoms with Gasteiger partial charge in [0, 0.05) is 5.57 Å². The molecule has 0 spiro atoms. The van der Waals surface area contributed by atoms with Gasteiger partial charge in [0.25, 0.3) is 0 Å². The third-order valence-electron chi connectivity index (χ3n) is 1.52. The Hall–Kier alpha value is -0.790. The lowest BCUT2D eigenvalue weighted by atomic mass is 10.1. The van der Waals surface area contributed by atoms with E-state index < -0.39 is 5.60 Å². The SMILES string of the molecule is C=C(CCCC)C(=O)OC(C)(C)C. The number of unbranched alkanes of at least 4 members (excludes halogenated alkanes) is 1. The first-order chi connectivity index (χ1) is 5.87. The van der Waals surface area contributed by atoms with E-state index in [1.807, 2.05) is 20.8 Å². The monoisotopic (exact) mass is 184 g/mol. The van der Waals surface area contributed by atoms with Crippen LogP contribution in [0.25, 0.3) is 0 Å². The number of carbonyl (C=O) groups is 1. The minimum absolute atomic E-state index is 0.263. The molecule has 0 N–H and O–H groups in total. The van der Waals surface area contributed by atoms with Gasteiger partial charge in [-0.15, -0.1) is 0 Å². The Morgan fingerprint density at radius 2 is 1.92 bits per heavy atom. The van der Waals surface area contributed by atoms with Crippen molar-refractivity contribution < 1.29 is 9.53 Å². The highest BCUT2D eigenvalue weighted by atomic mass is 16.6. The van der Waals surface area contributed by atoms with Crippen LogP contribution in [0.5, 0.6) is 0 Å². The van der Waals surface area contributed by atoms with Crippen LogP contribution in [-0.4, -0.2) is 11.6 Å². The highest BCUT2D eigenvalue weighted by Gasteiger charge is 2.17. The van der Waals surface area contributed by atoms with E-state index in [1.54, 1.807) is 0 Å². The molecule has 13 heavy (non-hydrogen) atoms. The predicted octanol–water partition coefficient (Wildman–Crippen LogP) is 3.07. The standard InChI is InChI=1S/C11H20O2/c1-6-7-8-9(2)10(12)13-11(3,4)5/h2,6-8H2,1,3-5H3. The third kappa shape index (κ3) is 6.38. The smallest absolute Gasteiger partial charge is 0.333 e. The maximum absolute atomic E-state index is 11.3. The fourth-order valence-electron chi connectivity index (χ4n) is 0.842. The van der Waals surface area contributed by atoms with Crippen molar-refractivity contribution in [3.8, 4) is 0 Å². The summed E-state index contributed by atoms with van der Waals surface area (Å²) in [5.74, 6) is -0.263. The van der Waals surface area contributed by atoms with Crippen molar-refractivity contribution in [3.05, 3.63) is 12.2 Å². The second-order valence-electron chi connectivity index (χ2n) is 4.21. The Morgan fingerprint density at radius 3 is 2.31 bits per heavy atom. The van der Waals surface area contributed by atoms with E-state index >= 15 is 0 Å². The van der Waals surface area contributed by atoms with Gasteiger partial charge in [-0.3, -0.25) is 0 Å². The predicted molar refractivity (Wildman–Crippen MR) is 54.5 cm³/mol. The van der Waals surface area contributed by atoms with E-state index in [1.165, 1.54) is 0 Å². The minimum atomic E-state index is -0.410. The molecule has 0 aliphatic heterocycles. The molecule has 0 bridgehead atoms. The van der Waals surface area contributed by atoms with Gasteiger partial charge in [-0.2, -0.15) is 0 Å². The number of hydrogen-bond donors (Lipinski definition) is 0. The molecule has 0 atom stereocenters. The van der Waals surface area contributed by atoms with Crippen LogP contribution in [0.1, 0.15) is 47.0 Å². The average Bonchev–Trinajstić information content (AvgIpc) is 1.96. The Morgan fingerprint density at radius 1 is 1.38 bits per heavy atom. The summed E-state index contributed by atoms with van der Waals surface area (Å²) in [6.45, 7) is 11.4. The van der Waals surface area contributed by atoms with Crippen LogP contribution in [-0.2, 0) is 9.53 Å². The molecule has 0 aromatic rings. The number of carbonyl (C=O) groups excluding carboxylic acids is 1. The normalized spacial score (nSPS) is 11.1. The van der Waals surface area contributed by atoms with Crippen LogP contribution in [0.15, 0.2) is 12.2 Å². The Balaban J connectivity index is 3.91. The Kier molecular flexibility index (Phi) is 4.74. The molecule has 0 radical (unpaired) electrons. The van der Waals surface area contributed by atoms with Crippen molar-refractivity contribution in [1.82, 2.24) is 0 Å². The number of hydrogen-bond acceptors (Lipinski definition) is 2. The quantitative estimate of drug-likeness (QED) is 0.496. The summed E-state index contributed by atoms with van der Waals surface area (Å²) < 4.78 is 5.16. The first kappa shape index (κ1) is 12.2. The van der Waals surface area contributed by atoms with Crippen molar-refractivity contribution in [1.29, 1.82) is 0 Å². The van der Waals surface area contributed by atoms with Crippen molar-refractivity contribution in [2.45, 2.75) is 52.6 Å². The van der Waals surface area contributed by atoms with Gasteiger partial charge >= 0.3 is 5.97 Å². The molecule has 0 saturated heterocycles. The molecule has 0 fully saturated rings. The molecular formula is C11H20O2. The van der Waals surface area contributed by atoms with Crippen LogP contribution in [0.2, 0.25) is 0 Å². The van der Waals surface area contributed by atoms with Crippen LogP contribution >= 0.6 is 0 Å². The van der Waals surface area contributed by atoms with E-state index in [9.17, 15) is 4.79 Å². The molecule has 0 aromatic carbocycles. The number of rotatable bonds is 4. The summed E-state index contributed by atoms with van der Waals surface area (Å²) in [6, 6.07) is 0. The Labute approximate surface area is 81.0 Å². The van der Waals surface area contributed by atoms with Gasteiger partial charge in [-0.1, -0.05) is 19.9 Å². The molecule has 0 aliphatic rings. The maximum Gasteiger partial charge on any atom is 0.333 e. The maximum atomic E-state index is 11.3. The van der Waals surface area contributed by atoms with Crippen molar-refractivity contribution in [2.24, 2.45) is 0 Å². The van der Waals surface area contributed by atoms with Crippen molar-refractivity contribution in [3.63, 3.8) is 0 Å². The highest BCUT2D eigenvalue weighted by molar-refractivity contribution is 5.87. The molecule has 0 heterocycles. The fraction of sp³-hybridized carbons (Fsp3) is 0.727. The summed E-state index contributed by atoms with van der Waals surface area (Å²) >= 11 is 0. The molecule has 2 nitrogen and oxygen atoms in total. The molecule has 0 unspecified atom stereocenters. The molecule has 76 valence electrons. The van der Waals surface area contributed by atoms with Gasteiger partial charge in [0.05, 0.1) is 0 Å². The molecular weight excluding hydrogens is 164 g/mol. The van der Waals surface area contributed by atoms with Crippen LogP contribution in [0.3, 0.4) is 0 Å². The molecule has 0 aromatic heterocycles. The van der Waals surface area contributed by atoms with Crippen LogP contribution in [0, 0.1) is 0 Å². The molecule has 2 heteroatoms. The second-order valence-corrected chi connectivity index (χ2v) is 4.21. The third-order valence-corrected chi connectivity index (χ3v) is 1.52. The van der Waals surface area contributed by atoms with Gasteiger partial charge in [-0.05, 0) is 33.6 Å². The van der Waals surface area contributed by atoms with E-state index in [2.05, 4.69) is 13.5 Å². The lowest BCUT2D eigenvalue weighted by molar-refractivity contribution is -0.150. The molecule has 0 saturated carbocycles. The summed E-state index contributed by atoms with van der Waals surface area (Å²) in [7, 11) is 0. The van der Waals surface area contributed by atoms with E-state index in [-0.39, 0.29) is 5.97 Å². The zero-order valence-corrected chi connectivity index (χ0v) is 9.14. The van der Waals surface area contributed by atoms with Gasteiger partial charge < -0.3 is 4.74 Å². The highest BCUT2D eigenvalue weighted by Crippen LogP contribution is 2.13. The van der Waals surface area contributed by atoms with Gasteiger partial charge in [0.2, 0.25) is 0 Å². The number of ether oxygens (including phenoxy) is 1. The average molecular weight is 184 g/mol. The summed E-state index contributed by atoms with van der Waals surface area (Å²) in [5.41, 5.74) is 0.170. The lowest BCUT2D eigenvalue weighted by Gasteiger charge is -2.20. The minimum Gasteiger partial charge on any atom is -0.457 e.